The maximum Gasteiger partial charge on any atom is 0.326 e. The molecule has 6 nitrogen and oxygen atoms in total. The van der Waals surface area contributed by atoms with Crippen LogP contribution in [-0.4, -0.2) is 47.5 Å². The number of amides is 2. The molecule has 0 saturated heterocycles. The summed E-state index contributed by atoms with van der Waals surface area (Å²) in [5, 5.41) is 14.2. The predicted octanol–water partition coefficient (Wildman–Crippen LogP) is 1.01. The second-order valence-corrected chi connectivity index (χ2v) is 5.52. The van der Waals surface area contributed by atoms with Gasteiger partial charge in [0, 0.05) is 19.9 Å². The van der Waals surface area contributed by atoms with Crippen LogP contribution < -0.4 is 10.6 Å². The van der Waals surface area contributed by atoms with Gasteiger partial charge in [0.05, 0.1) is 0 Å². The molecular formula is C13H24N2O4S. The Morgan fingerprint density at radius 3 is 2.45 bits per heavy atom. The van der Waals surface area contributed by atoms with Crippen molar-refractivity contribution in [3.8, 4) is 0 Å². The molecule has 0 aromatic carbocycles. The van der Waals surface area contributed by atoms with Crippen LogP contribution in [0.1, 0.15) is 39.0 Å². The van der Waals surface area contributed by atoms with E-state index < -0.39 is 12.0 Å². The van der Waals surface area contributed by atoms with Crippen molar-refractivity contribution < 1.29 is 19.5 Å². The molecule has 116 valence electrons. The van der Waals surface area contributed by atoms with Gasteiger partial charge in [-0.3, -0.25) is 9.59 Å². The molecule has 0 heterocycles. The number of hydrogen-bond acceptors (Lipinski definition) is 4. The summed E-state index contributed by atoms with van der Waals surface area (Å²) < 4.78 is 0. The summed E-state index contributed by atoms with van der Waals surface area (Å²) in [4.78, 5) is 33.2. The molecule has 1 atom stereocenters. The van der Waals surface area contributed by atoms with Crippen molar-refractivity contribution in [3.63, 3.8) is 0 Å². The van der Waals surface area contributed by atoms with Crippen LogP contribution in [0.4, 0.5) is 0 Å². The number of nitrogens with one attached hydrogen (secondary N) is 2. The lowest BCUT2D eigenvalue weighted by molar-refractivity contribution is -0.141. The second kappa shape index (κ2) is 11.6. The molecule has 0 spiro atoms. The highest BCUT2D eigenvalue weighted by Gasteiger charge is 2.18. The van der Waals surface area contributed by atoms with Crippen molar-refractivity contribution in [2.24, 2.45) is 0 Å². The van der Waals surface area contributed by atoms with Crippen molar-refractivity contribution in [1.29, 1.82) is 0 Å². The van der Waals surface area contributed by atoms with Gasteiger partial charge in [0.15, 0.2) is 0 Å². The van der Waals surface area contributed by atoms with Crippen LogP contribution >= 0.6 is 11.8 Å². The van der Waals surface area contributed by atoms with Crippen LogP contribution in [0.15, 0.2) is 0 Å². The van der Waals surface area contributed by atoms with E-state index in [0.29, 0.717) is 31.6 Å². The minimum absolute atomic E-state index is 0.0548. The minimum atomic E-state index is -0.988. The van der Waals surface area contributed by atoms with E-state index in [1.807, 2.05) is 6.26 Å². The molecule has 20 heavy (non-hydrogen) atoms. The first-order valence-corrected chi connectivity index (χ1v) is 8.12. The standard InChI is InChI=1S/C13H24N2O4S/c1-10(16)14-8-5-3-4-6-12(17)15-11(13(18)19)7-9-20-2/h11H,3-9H2,1-2H3,(H,14,16)(H,15,17)(H,18,19)/t11-/m1/s1. The average Bonchev–Trinajstić information content (AvgIpc) is 2.37. The average molecular weight is 304 g/mol. The summed E-state index contributed by atoms with van der Waals surface area (Å²) in [6.45, 7) is 2.08. The van der Waals surface area contributed by atoms with Gasteiger partial charge >= 0.3 is 5.97 Å². The number of thioether (sulfide) groups is 1. The highest BCUT2D eigenvalue weighted by molar-refractivity contribution is 7.98. The molecule has 0 aliphatic heterocycles. The van der Waals surface area contributed by atoms with Gasteiger partial charge in [0.1, 0.15) is 6.04 Å². The van der Waals surface area contributed by atoms with E-state index in [9.17, 15) is 14.4 Å². The van der Waals surface area contributed by atoms with Crippen LogP contribution in [0, 0.1) is 0 Å². The number of hydrogen-bond donors (Lipinski definition) is 3. The van der Waals surface area contributed by atoms with Crippen molar-refractivity contribution in [2.45, 2.75) is 45.1 Å². The Kier molecular flexibility index (Phi) is 10.9. The van der Waals surface area contributed by atoms with E-state index in [2.05, 4.69) is 10.6 Å². The fourth-order valence-corrected chi connectivity index (χ4v) is 2.08. The molecule has 0 rings (SSSR count). The smallest absolute Gasteiger partial charge is 0.326 e. The van der Waals surface area contributed by atoms with Gasteiger partial charge in [-0.05, 0) is 31.3 Å². The SMILES string of the molecule is CSCC[C@@H](NC(=O)CCCCCNC(C)=O)C(=O)O. The fourth-order valence-electron chi connectivity index (χ4n) is 1.61. The molecular weight excluding hydrogens is 280 g/mol. The minimum Gasteiger partial charge on any atom is -0.480 e. The van der Waals surface area contributed by atoms with E-state index in [-0.39, 0.29) is 11.8 Å². The Hall–Kier alpha value is -1.24. The van der Waals surface area contributed by atoms with Crippen molar-refractivity contribution in [1.82, 2.24) is 10.6 Å². The zero-order valence-electron chi connectivity index (χ0n) is 12.1. The van der Waals surface area contributed by atoms with Gasteiger partial charge in [-0.2, -0.15) is 11.8 Å². The molecule has 0 aliphatic rings. The summed E-state index contributed by atoms with van der Waals surface area (Å²) in [7, 11) is 0. The molecule has 0 bridgehead atoms. The van der Waals surface area contributed by atoms with Gasteiger partial charge in [-0.25, -0.2) is 4.79 Å². The van der Waals surface area contributed by atoms with Crippen molar-refractivity contribution in [3.05, 3.63) is 0 Å². The lowest BCUT2D eigenvalue weighted by atomic mass is 10.1. The fraction of sp³-hybridized carbons (Fsp3) is 0.769. The number of rotatable bonds is 11. The monoisotopic (exact) mass is 304 g/mol. The number of carboxylic acids is 1. The van der Waals surface area contributed by atoms with Crippen LogP contribution in [-0.2, 0) is 14.4 Å². The number of carbonyl (C=O) groups excluding carboxylic acids is 2. The van der Waals surface area contributed by atoms with E-state index >= 15 is 0 Å². The predicted molar refractivity (Wildman–Crippen MR) is 79.7 cm³/mol. The Morgan fingerprint density at radius 2 is 1.90 bits per heavy atom. The molecule has 7 heteroatoms. The maximum absolute atomic E-state index is 11.6. The zero-order valence-corrected chi connectivity index (χ0v) is 12.9. The summed E-state index contributed by atoms with van der Waals surface area (Å²) in [5.74, 6) is -0.564. The molecule has 0 aliphatic carbocycles. The summed E-state index contributed by atoms with van der Waals surface area (Å²) in [5.41, 5.74) is 0. The molecule has 0 fully saturated rings. The third-order valence-corrected chi connectivity index (χ3v) is 3.34. The van der Waals surface area contributed by atoms with Gasteiger partial charge < -0.3 is 15.7 Å². The molecule has 0 aromatic rings. The van der Waals surface area contributed by atoms with E-state index in [0.717, 1.165) is 12.8 Å². The van der Waals surface area contributed by atoms with Gasteiger partial charge in [-0.15, -0.1) is 0 Å². The molecule has 0 unspecified atom stereocenters. The molecule has 0 radical (unpaired) electrons. The Morgan fingerprint density at radius 1 is 1.20 bits per heavy atom. The molecule has 0 aromatic heterocycles. The van der Waals surface area contributed by atoms with Crippen molar-refractivity contribution >= 4 is 29.5 Å². The number of carbonyl (C=O) groups is 3. The lowest BCUT2D eigenvalue weighted by Gasteiger charge is -2.13. The molecule has 2 amide bonds. The Balaban J connectivity index is 3.74. The Labute approximate surface area is 124 Å². The normalized spacial score (nSPS) is 11.7. The first kappa shape index (κ1) is 18.8. The first-order chi connectivity index (χ1) is 9.47. The molecule has 3 N–H and O–H groups in total. The van der Waals surface area contributed by atoms with Gasteiger partial charge in [0.25, 0.3) is 0 Å². The number of carboxylic acid groups (broad SMARTS) is 1. The van der Waals surface area contributed by atoms with E-state index in [1.165, 1.54) is 6.92 Å². The highest BCUT2D eigenvalue weighted by atomic mass is 32.2. The second-order valence-electron chi connectivity index (χ2n) is 4.53. The van der Waals surface area contributed by atoms with Crippen LogP contribution in [0.5, 0.6) is 0 Å². The van der Waals surface area contributed by atoms with Crippen LogP contribution in [0.25, 0.3) is 0 Å². The molecule has 0 saturated carbocycles. The van der Waals surface area contributed by atoms with E-state index in [1.54, 1.807) is 11.8 Å². The van der Waals surface area contributed by atoms with Gasteiger partial charge in [-0.1, -0.05) is 6.42 Å². The highest BCUT2D eigenvalue weighted by Crippen LogP contribution is 2.03. The largest absolute Gasteiger partial charge is 0.480 e. The topological polar surface area (TPSA) is 95.5 Å². The summed E-state index contributed by atoms with van der Waals surface area (Å²) >= 11 is 1.55. The van der Waals surface area contributed by atoms with Crippen LogP contribution in [0.3, 0.4) is 0 Å². The van der Waals surface area contributed by atoms with E-state index in [4.69, 9.17) is 5.11 Å². The third kappa shape index (κ3) is 10.7. The number of unbranched alkanes of at least 4 members (excludes halogenated alkanes) is 2. The van der Waals surface area contributed by atoms with Crippen LogP contribution in [0.2, 0.25) is 0 Å². The summed E-state index contributed by atoms with van der Waals surface area (Å²) in [6, 6.07) is -0.797. The maximum atomic E-state index is 11.6. The Bertz CT molecular complexity index is 323. The third-order valence-electron chi connectivity index (χ3n) is 2.70. The van der Waals surface area contributed by atoms with Gasteiger partial charge in [0.2, 0.25) is 11.8 Å². The van der Waals surface area contributed by atoms with Crippen molar-refractivity contribution in [2.75, 3.05) is 18.6 Å². The number of aliphatic carboxylic acids is 1. The lowest BCUT2D eigenvalue weighted by Crippen LogP contribution is -2.41. The quantitative estimate of drug-likeness (QED) is 0.495. The zero-order chi connectivity index (χ0) is 15.4. The first-order valence-electron chi connectivity index (χ1n) is 6.73. The summed E-state index contributed by atoms with van der Waals surface area (Å²) in [6.07, 6.45) is 5.00.